The summed E-state index contributed by atoms with van der Waals surface area (Å²) in [5, 5.41) is 8.50. The van der Waals surface area contributed by atoms with Crippen LogP contribution in [0.2, 0.25) is 0 Å². The number of rotatable bonds is 2. The molecule has 0 aromatic heterocycles. The van der Waals surface area contributed by atoms with Crippen LogP contribution in [0.4, 0.5) is 4.39 Å². The van der Waals surface area contributed by atoms with Crippen molar-refractivity contribution in [3.63, 3.8) is 0 Å². The molecule has 0 radical (unpaired) electrons. The smallest absolute Gasteiger partial charge is 0.129 e. The highest BCUT2D eigenvalue weighted by molar-refractivity contribution is 5.34. The highest BCUT2D eigenvalue weighted by Crippen LogP contribution is 2.18. The summed E-state index contributed by atoms with van der Waals surface area (Å²) in [6.07, 6.45) is 0.683. The second-order valence-corrected chi connectivity index (χ2v) is 2.86. The molecule has 68 valence electrons. The van der Waals surface area contributed by atoms with Crippen molar-refractivity contribution < 1.29 is 4.39 Å². The second-order valence-electron chi connectivity index (χ2n) is 2.86. The van der Waals surface area contributed by atoms with Crippen molar-refractivity contribution in [1.82, 2.24) is 0 Å². The average Bonchev–Trinajstić information content (AvgIpc) is 2.16. The van der Waals surface area contributed by atoms with Gasteiger partial charge in [-0.05, 0) is 18.6 Å². The Morgan fingerprint density at radius 1 is 1.62 bits per heavy atom. The highest BCUT2D eigenvalue weighted by atomic mass is 19.1. The molecule has 0 spiro atoms. The largest absolute Gasteiger partial charge is 0.324 e. The van der Waals surface area contributed by atoms with Crippen LogP contribution in [0, 0.1) is 17.1 Å². The maximum absolute atomic E-state index is 13.2. The van der Waals surface area contributed by atoms with Gasteiger partial charge < -0.3 is 5.73 Å². The van der Waals surface area contributed by atoms with Crippen molar-refractivity contribution >= 4 is 0 Å². The Kier molecular flexibility index (Phi) is 2.99. The van der Waals surface area contributed by atoms with Gasteiger partial charge in [0.15, 0.2) is 0 Å². The van der Waals surface area contributed by atoms with E-state index in [1.807, 2.05) is 13.0 Å². The van der Waals surface area contributed by atoms with Crippen LogP contribution in [0.15, 0.2) is 18.2 Å². The Balaban J connectivity index is 3.07. The molecule has 0 fully saturated rings. The Hall–Kier alpha value is -1.40. The van der Waals surface area contributed by atoms with Crippen molar-refractivity contribution in [2.75, 3.05) is 0 Å². The summed E-state index contributed by atoms with van der Waals surface area (Å²) in [5.74, 6) is -0.395. The number of nitrogens with zero attached hydrogens (tertiary/aromatic N) is 1. The van der Waals surface area contributed by atoms with Gasteiger partial charge in [0.2, 0.25) is 0 Å². The van der Waals surface area contributed by atoms with Crippen LogP contribution in [0.3, 0.4) is 0 Å². The third kappa shape index (κ3) is 2.04. The standard InChI is InChI=1S/C10H11FN2/c1-2-10(13)8-4-3-7(6-12)5-9(8)11/h3-5,10H,2,13H2,1H3/t10-/m0/s1. The van der Waals surface area contributed by atoms with Gasteiger partial charge in [0, 0.05) is 11.6 Å². The van der Waals surface area contributed by atoms with Gasteiger partial charge in [-0.25, -0.2) is 4.39 Å². The van der Waals surface area contributed by atoms with Crippen molar-refractivity contribution in [3.05, 3.63) is 35.1 Å². The van der Waals surface area contributed by atoms with Gasteiger partial charge >= 0.3 is 0 Å². The Morgan fingerprint density at radius 2 is 2.31 bits per heavy atom. The fraction of sp³-hybridized carbons (Fsp3) is 0.300. The van der Waals surface area contributed by atoms with Gasteiger partial charge in [0.05, 0.1) is 11.6 Å². The molecule has 0 bridgehead atoms. The van der Waals surface area contributed by atoms with Crippen LogP contribution in [-0.2, 0) is 0 Å². The Morgan fingerprint density at radius 3 is 2.77 bits per heavy atom. The Bertz CT molecular complexity index is 341. The summed E-state index contributed by atoms with van der Waals surface area (Å²) < 4.78 is 13.2. The zero-order valence-corrected chi connectivity index (χ0v) is 7.42. The molecule has 2 nitrogen and oxygen atoms in total. The number of nitrogens with two attached hydrogens (primary N) is 1. The molecule has 3 heteroatoms. The van der Waals surface area contributed by atoms with Crippen LogP contribution in [-0.4, -0.2) is 0 Å². The first-order valence-corrected chi connectivity index (χ1v) is 4.14. The summed E-state index contributed by atoms with van der Waals surface area (Å²) in [6, 6.07) is 5.95. The lowest BCUT2D eigenvalue weighted by Crippen LogP contribution is -2.10. The topological polar surface area (TPSA) is 49.8 Å². The predicted molar refractivity (Wildman–Crippen MR) is 48.3 cm³/mol. The predicted octanol–water partition coefficient (Wildman–Crippen LogP) is 2.11. The SMILES string of the molecule is CC[C@H](N)c1ccc(C#N)cc1F. The molecule has 0 saturated heterocycles. The summed E-state index contributed by atoms with van der Waals surface area (Å²) >= 11 is 0. The molecular weight excluding hydrogens is 167 g/mol. The van der Waals surface area contributed by atoms with E-state index in [0.717, 1.165) is 0 Å². The molecule has 13 heavy (non-hydrogen) atoms. The van der Waals surface area contributed by atoms with Gasteiger partial charge in [-0.1, -0.05) is 13.0 Å². The molecule has 1 atom stereocenters. The molecule has 0 saturated carbocycles. The minimum atomic E-state index is -0.395. The molecular formula is C10H11FN2. The van der Waals surface area contributed by atoms with Gasteiger partial charge in [-0.15, -0.1) is 0 Å². The molecule has 0 aliphatic rings. The average molecular weight is 178 g/mol. The van der Waals surface area contributed by atoms with Gasteiger partial charge in [-0.2, -0.15) is 5.26 Å². The van der Waals surface area contributed by atoms with E-state index in [-0.39, 0.29) is 6.04 Å². The van der Waals surface area contributed by atoms with Crippen molar-refractivity contribution in [3.8, 4) is 6.07 Å². The van der Waals surface area contributed by atoms with Crippen LogP contribution in [0.25, 0.3) is 0 Å². The molecule has 0 heterocycles. The maximum atomic E-state index is 13.2. The highest BCUT2D eigenvalue weighted by Gasteiger charge is 2.09. The monoisotopic (exact) mass is 178 g/mol. The minimum absolute atomic E-state index is 0.284. The zero-order chi connectivity index (χ0) is 9.84. The number of hydrogen-bond acceptors (Lipinski definition) is 2. The lowest BCUT2D eigenvalue weighted by atomic mass is 10.0. The van der Waals surface area contributed by atoms with E-state index in [1.165, 1.54) is 6.07 Å². The fourth-order valence-corrected chi connectivity index (χ4v) is 1.12. The van der Waals surface area contributed by atoms with Crippen LogP contribution >= 0.6 is 0 Å². The number of nitriles is 1. The van der Waals surface area contributed by atoms with E-state index in [2.05, 4.69) is 0 Å². The summed E-state index contributed by atoms with van der Waals surface area (Å²) in [7, 11) is 0. The summed E-state index contributed by atoms with van der Waals surface area (Å²) in [5.41, 5.74) is 6.46. The minimum Gasteiger partial charge on any atom is -0.324 e. The number of halogens is 1. The first-order valence-electron chi connectivity index (χ1n) is 4.14. The van der Waals surface area contributed by atoms with Crippen LogP contribution in [0.1, 0.15) is 30.5 Å². The quantitative estimate of drug-likeness (QED) is 0.754. The van der Waals surface area contributed by atoms with E-state index in [0.29, 0.717) is 17.5 Å². The van der Waals surface area contributed by atoms with E-state index >= 15 is 0 Å². The van der Waals surface area contributed by atoms with Crippen molar-refractivity contribution in [2.24, 2.45) is 5.73 Å². The van der Waals surface area contributed by atoms with E-state index in [4.69, 9.17) is 11.0 Å². The van der Waals surface area contributed by atoms with Gasteiger partial charge in [-0.3, -0.25) is 0 Å². The fourth-order valence-electron chi connectivity index (χ4n) is 1.12. The molecule has 0 amide bonds. The molecule has 1 aromatic rings. The number of hydrogen-bond donors (Lipinski definition) is 1. The first kappa shape index (κ1) is 9.69. The normalized spacial score (nSPS) is 12.2. The van der Waals surface area contributed by atoms with Crippen molar-refractivity contribution in [1.29, 1.82) is 5.26 Å². The Labute approximate surface area is 76.8 Å². The number of benzene rings is 1. The molecule has 0 aliphatic carbocycles. The lowest BCUT2D eigenvalue weighted by Gasteiger charge is -2.09. The molecule has 1 aromatic carbocycles. The van der Waals surface area contributed by atoms with E-state index in [9.17, 15) is 4.39 Å². The lowest BCUT2D eigenvalue weighted by molar-refractivity contribution is 0.575. The maximum Gasteiger partial charge on any atom is 0.129 e. The zero-order valence-electron chi connectivity index (χ0n) is 7.42. The summed E-state index contributed by atoms with van der Waals surface area (Å²) in [6.45, 7) is 1.89. The van der Waals surface area contributed by atoms with Crippen molar-refractivity contribution in [2.45, 2.75) is 19.4 Å². The summed E-state index contributed by atoms with van der Waals surface area (Å²) in [4.78, 5) is 0. The van der Waals surface area contributed by atoms with E-state index in [1.54, 1.807) is 12.1 Å². The molecule has 2 N–H and O–H groups in total. The van der Waals surface area contributed by atoms with Crippen LogP contribution < -0.4 is 5.73 Å². The molecule has 1 rings (SSSR count). The van der Waals surface area contributed by atoms with Gasteiger partial charge in [0.1, 0.15) is 5.82 Å². The third-order valence-corrected chi connectivity index (χ3v) is 1.97. The molecule has 0 unspecified atom stereocenters. The van der Waals surface area contributed by atoms with Gasteiger partial charge in [0.25, 0.3) is 0 Å². The second kappa shape index (κ2) is 4.01. The molecule has 0 aliphatic heterocycles. The first-order chi connectivity index (χ1) is 6.19. The third-order valence-electron chi connectivity index (χ3n) is 1.97. The van der Waals surface area contributed by atoms with E-state index < -0.39 is 5.82 Å². The van der Waals surface area contributed by atoms with Crippen LogP contribution in [0.5, 0.6) is 0 Å².